The van der Waals surface area contributed by atoms with Gasteiger partial charge in [0, 0.05) is 29.5 Å². The molecule has 1 saturated heterocycles. The Kier molecular flexibility index (Phi) is 6.42. The molecule has 2 atom stereocenters. The van der Waals surface area contributed by atoms with E-state index < -0.39 is 33.9 Å². The Morgan fingerprint density at radius 2 is 1.79 bits per heavy atom. The lowest BCUT2D eigenvalue weighted by molar-refractivity contribution is -0.160. The molecular weight excluding hydrogens is 456 g/mol. The van der Waals surface area contributed by atoms with Crippen LogP contribution in [0.1, 0.15) is 60.9 Å². The maximum absolute atomic E-state index is 13.1. The number of ether oxygens (including phenoxy) is 2. The largest absolute Gasteiger partial charge is 0.487 e. The predicted molar refractivity (Wildman–Crippen MR) is 127 cm³/mol. The Bertz CT molecular complexity index is 1210. The number of esters is 1. The number of hydrogen-bond acceptors (Lipinski definition) is 7. The zero-order valence-electron chi connectivity index (χ0n) is 20.3. The molecule has 2 aliphatic heterocycles. The third-order valence-corrected chi connectivity index (χ3v) is 7.81. The molecule has 1 fully saturated rings. The molecule has 0 aliphatic carbocycles. The fraction of sp³-hybridized carbons (Fsp3) is 0.500. The van der Waals surface area contributed by atoms with Gasteiger partial charge in [0.15, 0.2) is 0 Å². The first kappa shape index (κ1) is 24.5. The third-order valence-electron chi connectivity index (χ3n) is 6.57. The summed E-state index contributed by atoms with van der Waals surface area (Å²) in [7, 11) is -4.03. The summed E-state index contributed by atoms with van der Waals surface area (Å²) in [6.45, 7) is 9.57. The van der Waals surface area contributed by atoms with Gasteiger partial charge >= 0.3 is 16.1 Å². The molecule has 34 heavy (non-hydrogen) atoms. The number of aryl methyl sites for hydroxylation is 1. The summed E-state index contributed by atoms with van der Waals surface area (Å²) >= 11 is 0. The van der Waals surface area contributed by atoms with E-state index in [1.54, 1.807) is 24.3 Å². The topological polar surface area (TPSA) is 99.1 Å². The van der Waals surface area contributed by atoms with Crippen molar-refractivity contribution in [1.29, 1.82) is 0 Å². The van der Waals surface area contributed by atoms with Crippen molar-refractivity contribution in [2.24, 2.45) is 0 Å². The molecular formula is C26H32O7S. The number of rotatable bonds is 6. The first-order valence-electron chi connectivity index (χ1n) is 11.6. The number of aliphatic hydroxyl groups is 1. The van der Waals surface area contributed by atoms with Crippen LogP contribution in [0.3, 0.4) is 0 Å². The molecule has 2 aromatic carbocycles. The zero-order chi connectivity index (χ0) is 24.8. The summed E-state index contributed by atoms with van der Waals surface area (Å²) in [5, 5.41) is 9.95. The number of fused-ring (bicyclic) bond motifs is 1. The number of aliphatic hydroxyl groups excluding tert-OH is 1. The third kappa shape index (κ3) is 4.93. The number of benzene rings is 2. The average molecular weight is 489 g/mol. The summed E-state index contributed by atoms with van der Waals surface area (Å²) in [4.78, 5) is 11.8. The van der Waals surface area contributed by atoms with Gasteiger partial charge in [0.25, 0.3) is 0 Å². The van der Waals surface area contributed by atoms with Crippen LogP contribution >= 0.6 is 0 Å². The van der Waals surface area contributed by atoms with E-state index in [4.69, 9.17) is 13.7 Å². The van der Waals surface area contributed by atoms with Gasteiger partial charge in [-0.3, -0.25) is 4.79 Å². The molecule has 8 heteroatoms. The van der Waals surface area contributed by atoms with Crippen LogP contribution in [0.25, 0.3) is 0 Å². The molecule has 0 bridgehead atoms. The molecule has 2 heterocycles. The van der Waals surface area contributed by atoms with Gasteiger partial charge in [-0.15, -0.1) is 0 Å². The van der Waals surface area contributed by atoms with Crippen LogP contribution in [-0.4, -0.2) is 37.3 Å². The van der Waals surface area contributed by atoms with E-state index in [-0.39, 0.29) is 11.3 Å². The fourth-order valence-corrected chi connectivity index (χ4v) is 5.82. The van der Waals surface area contributed by atoms with E-state index in [9.17, 15) is 18.3 Å². The minimum atomic E-state index is -4.03. The molecule has 7 nitrogen and oxygen atoms in total. The van der Waals surface area contributed by atoms with Crippen molar-refractivity contribution in [2.75, 3.05) is 0 Å². The van der Waals surface area contributed by atoms with Crippen molar-refractivity contribution in [1.82, 2.24) is 0 Å². The number of carbonyl (C=O) groups excluding carboxylic acids is 1. The molecule has 0 unspecified atom stereocenters. The van der Waals surface area contributed by atoms with Gasteiger partial charge in [-0.2, -0.15) is 8.42 Å². The van der Waals surface area contributed by atoms with E-state index in [1.807, 2.05) is 34.6 Å². The van der Waals surface area contributed by atoms with E-state index in [1.165, 1.54) is 0 Å². The van der Waals surface area contributed by atoms with Gasteiger partial charge in [0.1, 0.15) is 28.1 Å². The van der Waals surface area contributed by atoms with Crippen molar-refractivity contribution in [3.63, 3.8) is 0 Å². The van der Waals surface area contributed by atoms with Gasteiger partial charge in [0.2, 0.25) is 0 Å². The lowest BCUT2D eigenvalue weighted by atomic mass is 9.90. The second-order valence-corrected chi connectivity index (χ2v) is 11.5. The first-order valence-corrected chi connectivity index (χ1v) is 13.0. The van der Waals surface area contributed by atoms with Crippen molar-refractivity contribution in [3.05, 3.63) is 52.1 Å². The van der Waals surface area contributed by atoms with Crippen LogP contribution in [0, 0.1) is 20.8 Å². The first-order chi connectivity index (χ1) is 15.9. The van der Waals surface area contributed by atoms with Crippen LogP contribution in [0.2, 0.25) is 0 Å². The molecule has 2 aliphatic rings. The van der Waals surface area contributed by atoms with Crippen LogP contribution in [0.5, 0.6) is 11.5 Å². The highest BCUT2D eigenvalue weighted by molar-refractivity contribution is 7.87. The summed E-state index contributed by atoms with van der Waals surface area (Å²) in [5.74, 6) is 0.666. The van der Waals surface area contributed by atoms with Crippen molar-refractivity contribution in [2.45, 2.75) is 89.4 Å². The zero-order valence-corrected chi connectivity index (χ0v) is 21.1. The Balaban J connectivity index is 1.70. The maximum atomic E-state index is 13.1. The molecule has 184 valence electrons. The molecule has 0 spiro atoms. The van der Waals surface area contributed by atoms with Crippen molar-refractivity contribution >= 4 is 16.1 Å². The molecule has 0 amide bonds. The second-order valence-electron chi connectivity index (χ2n) is 10.00. The van der Waals surface area contributed by atoms with Gasteiger partial charge in [-0.25, -0.2) is 0 Å². The normalized spacial score (nSPS) is 21.5. The van der Waals surface area contributed by atoms with Gasteiger partial charge in [-0.1, -0.05) is 17.7 Å². The Labute approximate surface area is 201 Å². The quantitative estimate of drug-likeness (QED) is 0.483. The Morgan fingerprint density at radius 3 is 2.44 bits per heavy atom. The highest BCUT2D eigenvalue weighted by atomic mass is 32.2. The molecule has 0 saturated carbocycles. The number of cyclic esters (lactones) is 1. The van der Waals surface area contributed by atoms with Gasteiger partial charge < -0.3 is 18.8 Å². The van der Waals surface area contributed by atoms with Gasteiger partial charge in [-0.05, 0) is 65.2 Å². The minimum Gasteiger partial charge on any atom is -0.487 e. The van der Waals surface area contributed by atoms with Crippen molar-refractivity contribution < 1.29 is 32.0 Å². The molecule has 0 aromatic heterocycles. The Hall–Kier alpha value is -2.58. The van der Waals surface area contributed by atoms with Crippen LogP contribution in [-0.2, 0) is 32.5 Å². The summed E-state index contributed by atoms with van der Waals surface area (Å²) in [6.07, 6.45) is 0.910. The fourth-order valence-electron chi connectivity index (χ4n) is 4.78. The smallest absolute Gasteiger partial charge is 0.339 e. The van der Waals surface area contributed by atoms with Crippen LogP contribution in [0.15, 0.2) is 29.2 Å². The molecule has 0 radical (unpaired) electrons. The molecule has 4 rings (SSSR count). The average Bonchev–Trinajstić information content (AvgIpc) is 3.06. The lowest BCUT2D eigenvalue weighted by Gasteiger charge is -2.27. The number of carbonyl (C=O) groups is 1. The van der Waals surface area contributed by atoms with Gasteiger partial charge in [0.05, 0.1) is 12.5 Å². The summed E-state index contributed by atoms with van der Waals surface area (Å²) in [5.41, 5.74) is 3.73. The van der Waals surface area contributed by atoms with E-state index >= 15 is 0 Å². The molecule has 2 aromatic rings. The predicted octanol–water partition coefficient (Wildman–Crippen LogP) is 4.09. The van der Waals surface area contributed by atoms with E-state index in [0.29, 0.717) is 37.0 Å². The van der Waals surface area contributed by atoms with E-state index in [0.717, 1.165) is 28.0 Å². The van der Waals surface area contributed by atoms with Crippen molar-refractivity contribution in [3.8, 4) is 11.5 Å². The molecule has 1 N–H and O–H groups in total. The standard InChI is InChI=1S/C26H32O7S/c1-15-6-9-20(10-7-15)34(29,30)33-24-16(2)21(11-8-19-12-18(27)13-23(28)31-19)25-22(17(24)3)14-26(4,5)32-25/h6-7,9-10,18-19,27H,8,11-14H2,1-5H3/t18-,19-/m1/s1. The Morgan fingerprint density at radius 1 is 1.12 bits per heavy atom. The lowest BCUT2D eigenvalue weighted by Crippen LogP contribution is -2.32. The minimum absolute atomic E-state index is 0.0155. The summed E-state index contributed by atoms with van der Waals surface area (Å²) in [6, 6.07) is 6.55. The number of hydrogen-bond donors (Lipinski definition) is 1. The second kappa shape index (κ2) is 8.89. The SMILES string of the molecule is Cc1ccc(S(=O)(=O)Oc2c(C)c(CC[C@@H]3C[C@@H](O)CC(=O)O3)c3c(c2C)CC(C)(C)O3)cc1. The highest BCUT2D eigenvalue weighted by Gasteiger charge is 2.37. The van der Waals surface area contributed by atoms with Crippen LogP contribution < -0.4 is 8.92 Å². The van der Waals surface area contributed by atoms with E-state index in [2.05, 4.69) is 0 Å². The monoisotopic (exact) mass is 488 g/mol. The van der Waals surface area contributed by atoms with Crippen LogP contribution in [0.4, 0.5) is 0 Å². The maximum Gasteiger partial charge on any atom is 0.339 e. The summed E-state index contributed by atoms with van der Waals surface area (Å²) < 4.78 is 43.6. The highest BCUT2D eigenvalue weighted by Crippen LogP contribution is 2.47.